The van der Waals surface area contributed by atoms with Crippen LogP contribution in [-0.2, 0) is 5.75 Å². The van der Waals surface area contributed by atoms with Crippen LogP contribution in [0.1, 0.15) is 11.5 Å². The van der Waals surface area contributed by atoms with E-state index in [1.54, 1.807) is 18.0 Å². The molecule has 0 aromatic carbocycles. The zero-order valence-corrected chi connectivity index (χ0v) is 10.5. The first kappa shape index (κ1) is 10.6. The average Bonchev–Trinajstić information content (AvgIpc) is 2.64. The third-order valence-electron chi connectivity index (χ3n) is 1.71. The summed E-state index contributed by atoms with van der Waals surface area (Å²) in [5, 5.41) is 7.60. The second-order valence-corrected chi connectivity index (χ2v) is 4.82. The highest BCUT2D eigenvalue weighted by atomic mass is 79.9. The van der Waals surface area contributed by atoms with Crippen LogP contribution >= 0.6 is 27.7 Å². The molecule has 6 heteroatoms. The van der Waals surface area contributed by atoms with E-state index in [0.717, 1.165) is 26.9 Å². The Hall–Kier alpha value is -0.880. The predicted octanol–water partition coefficient (Wildman–Crippen LogP) is 2.56. The quantitative estimate of drug-likeness (QED) is 0.881. The first-order valence-corrected chi connectivity index (χ1v) is 6.14. The molecular weight excluding hydrogens is 276 g/mol. The van der Waals surface area contributed by atoms with Crippen molar-refractivity contribution in [3.05, 3.63) is 34.3 Å². The second-order valence-electron chi connectivity index (χ2n) is 2.96. The molecular formula is C9H9BrN4S. The van der Waals surface area contributed by atoms with Gasteiger partial charge in [-0.25, -0.2) is 4.98 Å². The Morgan fingerprint density at radius 3 is 2.93 bits per heavy atom. The summed E-state index contributed by atoms with van der Waals surface area (Å²) in [6.07, 6.45) is 1.79. The van der Waals surface area contributed by atoms with Gasteiger partial charge in [-0.05, 0) is 35.0 Å². The minimum Gasteiger partial charge on any atom is -0.262 e. The van der Waals surface area contributed by atoms with Gasteiger partial charge in [-0.2, -0.15) is 0 Å². The number of nitrogens with zero attached hydrogens (tertiary/aromatic N) is 3. The van der Waals surface area contributed by atoms with E-state index < -0.39 is 0 Å². The molecule has 0 fully saturated rings. The van der Waals surface area contributed by atoms with Gasteiger partial charge in [-0.1, -0.05) is 11.8 Å². The summed E-state index contributed by atoms with van der Waals surface area (Å²) in [7, 11) is 0. The molecule has 0 aliphatic carbocycles. The topological polar surface area (TPSA) is 54.5 Å². The molecule has 15 heavy (non-hydrogen) atoms. The SMILES string of the molecule is Cc1nc(SCc2ccc(Br)cn2)n[nH]1. The van der Waals surface area contributed by atoms with Crippen LogP contribution in [0.15, 0.2) is 28.0 Å². The summed E-state index contributed by atoms with van der Waals surface area (Å²) in [5.74, 6) is 1.62. The van der Waals surface area contributed by atoms with E-state index in [0.29, 0.717) is 0 Å². The highest BCUT2D eigenvalue weighted by Gasteiger charge is 2.01. The Morgan fingerprint density at radius 2 is 2.33 bits per heavy atom. The Kier molecular flexibility index (Phi) is 3.37. The van der Waals surface area contributed by atoms with Gasteiger partial charge in [0.05, 0.1) is 5.69 Å². The van der Waals surface area contributed by atoms with Crippen LogP contribution in [-0.4, -0.2) is 20.2 Å². The van der Waals surface area contributed by atoms with Crippen LogP contribution in [0, 0.1) is 6.92 Å². The van der Waals surface area contributed by atoms with Gasteiger partial charge in [-0.3, -0.25) is 10.1 Å². The van der Waals surface area contributed by atoms with E-state index in [9.17, 15) is 0 Å². The summed E-state index contributed by atoms with van der Waals surface area (Å²) in [4.78, 5) is 8.47. The van der Waals surface area contributed by atoms with Crippen LogP contribution in [0.4, 0.5) is 0 Å². The molecule has 0 aliphatic rings. The fraction of sp³-hybridized carbons (Fsp3) is 0.222. The Balaban J connectivity index is 1.96. The van der Waals surface area contributed by atoms with Crippen molar-refractivity contribution in [2.45, 2.75) is 17.8 Å². The standard InChI is InChI=1S/C9H9BrN4S/c1-6-12-9(14-13-6)15-5-8-3-2-7(10)4-11-8/h2-4H,5H2,1H3,(H,12,13,14). The van der Waals surface area contributed by atoms with Gasteiger partial charge >= 0.3 is 0 Å². The first-order chi connectivity index (χ1) is 7.24. The molecule has 0 amide bonds. The summed E-state index contributed by atoms with van der Waals surface area (Å²) < 4.78 is 0.991. The van der Waals surface area contributed by atoms with Crippen LogP contribution in [0.3, 0.4) is 0 Å². The van der Waals surface area contributed by atoms with Gasteiger partial charge < -0.3 is 0 Å². The fourth-order valence-corrected chi connectivity index (χ4v) is 2.01. The molecule has 0 bridgehead atoms. The van der Waals surface area contributed by atoms with Crippen molar-refractivity contribution < 1.29 is 0 Å². The maximum absolute atomic E-state index is 4.27. The molecule has 0 spiro atoms. The number of thioether (sulfide) groups is 1. The van der Waals surface area contributed by atoms with Gasteiger partial charge in [-0.15, -0.1) is 5.10 Å². The summed E-state index contributed by atoms with van der Waals surface area (Å²) >= 11 is 4.91. The lowest BCUT2D eigenvalue weighted by Gasteiger charge is -1.97. The molecule has 0 atom stereocenters. The number of hydrogen-bond acceptors (Lipinski definition) is 4. The van der Waals surface area contributed by atoms with Gasteiger partial charge in [0.15, 0.2) is 0 Å². The third-order valence-corrected chi connectivity index (χ3v) is 3.06. The molecule has 0 saturated heterocycles. The van der Waals surface area contributed by atoms with Gasteiger partial charge in [0.25, 0.3) is 0 Å². The predicted molar refractivity (Wildman–Crippen MR) is 62.6 cm³/mol. The lowest BCUT2D eigenvalue weighted by Crippen LogP contribution is -1.86. The number of aromatic nitrogens is 4. The molecule has 2 heterocycles. The van der Waals surface area contributed by atoms with Crippen LogP contribution in [0.2, 0.25) is 0 Å². The minimum absolute atomic E-state index is 0.761. The third kappa shape index (κ3) is 3.04. The smallest absolute Gasteiger partial charge is 0.208 e. The van der Waals surface area contributed by atoms with Crippen LogP contribution in [0.5, 0.6) is 0 Å². The maximum atomic E-state index is 4.27. The molecule has 2 rings (SSSR count). The Labute approximate surface area is 100 Å². The highest BCUT2D eigenvalue weighted by molar-refractivity contribution is 9.10. The fourth-order valence-electron chi connectivity index (χ4n) is 1.02. The van der Waals surface area contributed by atoms with Crippen LogP contribution in [0.25, 0.3) is 0 Å². The number of aromatic amines is 1. The number of aryl methyl sites for hydroxylation is 1. The van der Waals surface area contributed by atoms with Crippen molar-refractivity contribution in [1.29, 1.82) is 0 Å². The summed E-state index contributed by atoms with van der Waals surface area (Å²) in [6, 6.07) is 3.96. The van der Waals surface area contributed by atoms with E-state index in [2.05, 4.69) is 36.1 Å². The number of rotatable bonds is 3. The molecule has 1 N–H and O–H groups in total. The minimum atomic E-state index is 0.761. The lowest BCUT2D eigenvalue weighted by molar-refractivity contribution is 0.967. The van der Waals surface area contributed by atoms with Crippen molar-refractivity contribution in [3.63, 3.8) is 0 Å². The Bertz CT molecular complexity index is 440. The van der Waals surface area contributed by atoms with Crippen molar-refractivity contribution in [1.82, 2.24) is 20.2 Å². The number of halogens is 1. The lowest BCUT2D eigenvalue weighted by atomic mass is 10.4. The number of pyridine rings is 1. The monoisotopic (exact) mass is 284 g/mol. The second kappa shape index (κ2) is 4.76. The van der Waals surface area contributed by atoms with E-state index in [4.69, 9.17) is 0 Å². The largest absolute Gasteiger partial charge is 0.262 e. The van der Waals surface area contributed by atoms with E-state index in [1.165, 1.54) is 0 Å². The number of H-pyrrole nitrogens is 1. The molecule has 0 radical (unpaired) electrons. The normalized spacial score (nSPS) is 10.5. The zero-order chi connectivity index (χ0) is 10.7. The maximum Gasteiger partial charge on any atom is 0.208 e. The van der Waals surface area contributed by atoms with Crippen LogP contribution < -0.4 is 0 Å². The van der Waals surface area contributed by atoms with Gasteiger partial charge in [0.2, 0.25) is 5.16 Å². The summed E-state index contributed by atoms with van der Waals surface area (Å²) in [6.45, 7) is 1.88. The van der Waals surface area contributed by atoms with Crippen molar-refractivity contribution in [2.75, 3.05) is 0 Å². The molecule has 0 aliphatic heterocycles. The Morgan fingerprint density at radius 1 is 1.47 bits per heavy atom. The first-order valence-electron chi connectivity index (χ1n) is 4.36. The average molecular weight is 285 g/mol. The molecule has 2 aromatic rings. The molecule has 78 valence electrons. The molecule has 4 nitrogen and oxygen atoms in total. The number of hydrogen-bond donors (Lipinski definition) is 1. The van der Waals surface area contributed by atoms with Crippen molar-refractivity contribution >= 4 is 27.7 Å². The van der Waals surface area contributed by atoms with Gasteiger partial charge in [0, 0.05) is 16.4 Å². The number of nitrogens with one attached hydrogen (secondary N) is 1. The molecule has 2 aromatic heterocycles. The summed E-state index contributed by atoms with van der Waals surface area (Å²) in [5.41, 5.74) is 1.02. The van der Waals surface area contributed by atoms with Crippen molar-refractivity contribution in [3.8, 4) is 0 Å². The van der Waals surface area contributed by atoms with E-state index >= 15 is 0 Å². The van der Waals surface area contributed by atoms with Crippen molar-refractivity contribution in [2.24, 2.45) is 0 Å². The van der Waals surface area contributed by atoms with E-state index in [1.807, 2.05) is 19.1 Å². The zero-order valence-electron chi connectivity index (χ0n) is 8.07. The van der Waals surface area contributed by atoms with E-state index in [-0.39, 0.29) is 0 Å². The molecule has 0 unspecified atom stereocenters. The highest BCUT2D eigenvalue weighted by Crippen LogP contribution is 2.18. The van der Waals surface area contributed by atoms with Gasteiger partial charge in [0.1, 0.15) is 5.82 Å². The molecule has 0 saturated carbocycles.